The molecule has 0 aliphatic rings. The molecule has 2 heterocycles. The Kier molecular flexibility index (Phi) is 2.79. The fourth-order valence-corrected chi connectivity index (χ4v) is 2.90. The fourth-order valence-electron chi connectivity index (χ4n) is 2.90. The fraction of sp³-hybridized carbons (Fsp3) is 0.188. The molecule has 0 radical (unpaired) electrons. The first-order valence-corrected chi connectivity index (χ1v) is 6.58. The molecule has 0 aliphatic carbocycles. The number of nitrogens with zero attached hydrogens (tertiary/aromatic N) is 2. The molecule has 0 atom stereocenters. The van der Waals surface area contributed by atoms with Crippen LogP contribution in [0.25, 0.3) is 21.7 Å². The lowest BCUT2D eigenvalue weighted by Crippen LogP contribution is -2.21. The smallest absolute Gasteiger partial charge is 0.293 e. The van der Waals surface area contributed by atoms with Gasteiger partial charge in [0, 0.05) is 22.0 Å². The molecule has 0 fully saturated rings. The Morgan fingerprint density at radius 1 is 1.14 bits per heavy atom. The summed E-state index contributed by atoms with van der Waals surface area (Å²) >= 11 is 0. The maximum Gasteiger partial charge on any atom is 0.293 e. The Hall–Kier alpha value is -2.69. The third-order valence-corrected chi connectivity index (χ3v) is 3.72. The van der Waals surface area contributed by atoms with E-state index < -0.39 is 5.56 Å². The van der Waals surface area contributed by atoms with E-state index in [2.05, 4.69) is 4.98 Å². The normalized spacial score (nSPS) is 11.2. The Bertz CT molecular complexity index is 971. The predicted molar refractivity (Wildman–Crippen MR) is 80.2 cm³/mol. The molecule has 0 unspecified atom stereocenters. The molecule has 3 aromatic rings. The molecule has 3 rings (SSSR count). The molecule has 0 spiro atoms. The lowest BCUT2D eigenvalue weighted by Gasteiger charge is -2.13. The van der Waals surface area contributed by atoms with Crippen LogP contribution >= 0.6 is 0 Å². The van der Waals surface area contributed by atoms with E-state index in [4.69, 9.17) is 0 Å². The summed E-state index contributed by atoms with van der Waals surface area (Å²) in [5.74, 6) is -0.148. The minimum atomic E-state index is -0.559. The van der Waals surface area contributed by atoms with Crippen LogP contribution in [0.5, 0.6) is 0 Å². The topological polar surface area (TPSA) is 72.2 Å². The molecule has 2 aromatic heterocycles. The van der Waals surface area contributed by atoms with Gasteiger partial charge < -0.3 is 5.21 Å². The first-order chi connectivity index (χ1) is 9.93. The maximum absolute atomic E-state index is 12.4. The lowest BCUT2D eigenvalue weighted by molar-refractivity contribution is 0.101. The van der Waals surface area contributed by atoms with Crippen LogP contribution < -0.4 is 5.56 Å². The Morgan fingerprint density at radius 2 is 1.81 bits per heavy atom. The number of carbonyl (C=O) groups excluding carboxylic acids is 1. The predicted octanol–water partition coefficient (Wildman–Crippen LogP) is 2.61. The van der Waals surface area contributed by atoms with Crippen LogP contribution in [0.15, 0.2) is 29.1 Å². The molecular formula is C16H14N2O3. The molecule has 0 bridgehead atoms. The standard InChI is InChI=1S/C16H14N2O3/c1-8-13(10(3)19)15-11-6-4-5-7-12(11)18(21)16(20)14(15)9(2)17-8/h4-7,21H,1-3H3. The van der Waals surface area contributed by atoms with Gasteiger partial charge >= 0.3 is 0 Å². The van der Waals surface area contributed by atoms with Gasteiger partial charge in [-0.3, -0.25) is 14.6 Å². The summed E-state index contributed by atoms with van der Waals surface area (Å²) in [6.07, 6.45) is 0. The van der Waals surface area contributed by atoms with Gasteiger partial charge in [0.1, 0.15) is 0 Å². The molecule has 0 saturated heterocycles. The minimum Gasteiger partial charge on any atom is -0.425 e. The van der Waals surface area contributed by atoms with Crippen molar-refractivity contribution in [2.75, 3.05) is 0 Å². The number of hydrogen-bond acceptors (Lipinski definition) is 4. The highest BCUT2D eigenvalue weighted by molar-refractivity contribution is 6.17. The van der Waals surface area contributed by atoms with E-state index in [-0.39, 0.29) is 11.2 Å². The van der Waals surface area contributed by atoms with Gasteiger partial charge in [-0.2, -0.15) is 0 Å². The van der Waals surface area contributed by atoms with Gasteiger partial charge in [0.25, 0.3) is 5.56 Å². The Morgan fingerprint density at radius 3 is 2.48 bits per heavy atom. The number of aryl methyl sites for hydroxylation is 2. The molecule has 0 amide bonds. The maximum atomic E-state index is 12.4. The highest BCUT2D eigenvalue weighted by atomic mass is 16.5. The van der Waals surface area contributed by atoms with Crippen molar-refractivity contribution in [3.63, 3.8) is 0 Å². The quantitative estimate of drug-likeness (QED) is 0.423. The van der Waals surface area contributed by atoms with E-state index in [1.807, 2.05) is 0 Å². The van der Waals surface area contributed by atoms with Crippen molar-refractivity contribution in [3.05, 3.63) is 51.6 Å². The van der Waals surface area contributed by atoms with Crippen molar-refractivity contribution < 1.29 is 10.0 Å². The van der Waals surface area contributed by atoms with Crippen LogP contribution in [-0.2, 0) is 0 Å². The number of ketones is 1. The second-order valence-corrected chi connectivity index (χ2v) is 5.10. The third kappa shape index (κ3) is 1.74. The number of fused-ring (bicyclic) bond motifs is 3. The average molecular weight is 282 g/mol. The number of pyridine rings is 2. The molecule has 5 nitrogen and oxygen atoms in total. The van der Waals surface area contributed by atoms with Crippen molar-refractivity contribution in [3.8, 4) is 0 Å². The summed E-state index contributed by atoms with van der Waals surface area (Å²) in [5, 5.41) is 11.6. The molecular weight excluding hydrogens is 268 g/mol. The van der Waals surface area contributed by atoms with Gasteiger partial charge in [0.15, 0.2) is 5.78 Å². The van der Waals surface area contributed by atoms with Crippen molar-refractivity contribution >= 4 is 27.5 Å². The van der Waals surface area contributed by atoms with Gasteiger partial charge in [0.05, 0.1) is 16.6 Å². The number of aromatic nitrogens is 2. The van der Waals surface area contributed by atoms with Gasteiger partial charge in [-0.25, -0.2) is 0 Å². The number of benzene rings is 1. The van der Waals surface area contributed by atoms with Crippen LogP contribution in [0.4, 0.5) is 0 Å². The summed E-state index contributed by atoms with van der Waals surface area (Å²) in [6.45, 7) is 4.91. The number of carbonyl (C=O) groups is 1. The van der Waals surface area contributed by atoms with Crippen LogP contribution in [0, 0.1) is 13.8 Å². The van der Waals surface area contributed by atoms with Gasteiger partial charge in [-0.05, 0) is 26.8 Å². The van der Waals surface area contributed by atoms with Crippen molar-refractivity contribution in [1.29, 1.82) is 0 Å². The lowest BCUT2D eigenvalue weighted by atomic mass is 9.97. The molecule has 1 N–H and O–H groups in total. The van der Waals surface area contributed by atoms with Crippen LogP contribution in [0.1, 0.15) is 28.7 Å². The number of rotatable bonds is 1. The first-order valence-electron chi connectivity index (χ1n) is 6.58. The zero-order chi connectivity index (χ0) is 15.3. The summed E-state index contributed by atoms with van der Waals surface area (Å²) in [7, 11) is 0. The number of Topliss-reactive ketones (excluding diaryl/α,β-unsaturated/α-hetero) is 1. The summed E-state index contributed by atoms with van der Waals surface area (Å²) in [6, 6.07) is 6.97. The van der Waals surface area contributed by atoms with E-state index in [0.717, 1.165) is 0 Å². The van der Waals surface area contributed by atoms with Crippen molar-refractivity contribution in [2.45, 2.75) is 20.8 Å². The summed E-state index contributed by atoms with van der Waals surface area (Å²) in [4.78, 5) is 28.7. The highest BCUT2D eigenvalue weighted by Gasteiger charge is 2.20. The third-order valence-electron chi connectivity index (χ3n) is 3.72. The number of para-hydroxylation sites is 1. The van der Waals surface area contributed by atoms with E-state index >= 15 is 0 Å². The molecule has 0 aliphatic heterocycles. The van der Waals surface area contributed by atoms with Gasteiger partial charge in [0.2, 0.25) is 0 Å². The van der Waals surface area contributed by atoms with Gasteiger partial charge in [-0.15, -0.1) is 4.73 Å². The summed E-state index contributed by atoms with van der Waals surface area (Å²) < 4.78 is 0.617. The highest BCUT2D eigenvalue weighted by Crippen LogP contribution is 2.28. The van der Waals surface area contributed by atoms with Gasteiger partial charge in [-0.1, -0.05) is 18.2 Å². The van der Waals surface area contributed by atoms with Crippen molar-refractivity contribution in [2.24, 2.45) is 0 Å². The second kappa shape index (κ2) is 4.41. The zero-order valence-electron chi connectivity index (χ0n) is 12.0. The largest absolute Gasteiger partial charge is 0.425 e. The monoisotopic (exact) mass is 282 g/mol. The summed E-state index contributed by atoms with van der Waals surface area (Å²) in [5.41, 5.74) is 1.35. The SMILES string of the molecule is CC(=O)c1c(C)nc(C)c2c(=O)n(O)c3ccccc3c12. The van der Waals surface area contributed by atoms with Crippen LogP contribution in [0.3, 0.4) is 0 Å². The van der Waals surface area contributed by atoms with E-state index in [0.29, 0.717) is 38.0 Å². The molecule has 1 aromatic carbocycles. The van der Waals surface area contributed by atoms with Crippen LogP contribution in [-0.4, -0.2) is 20.7 Å². The minimum absolute atomic E-state index is 0.148. The van der Waals surface area contributed by atoms with Crippen molar-refractivity contribution in [1.82, 2.24) is 9.71 Å². The second-order valence-electron chi connectivity index (χ2n) is 5.10. The molecule has 21 heavy (non-hydrogen) atoms. The molecule has 5 heteroatoms. The Balaban J connectivity index is 2.80. The number of hydrogen-bond donors (Lipinski definition) is 1. The van der Waals surface area contributed by atoms with E-state index in [1.54, 1.807) is 38.1 Å². The first kappa shape index (κ1) is 13.3. The van der Waals surface area contributed by atoms with Crippen LogP contribution in [0.2, 0.25) is 0 Å². The molecule has 0 saturated carbocycles. The van der Waals surface area contributed by atoms with E-state index in [1.165, 1.54) is 6.92 Å². The van der Waals surface area contributed by atoms with E-state index in [9.17, 15) is 14.8 Å². The molecule has 106 valence electrons. The zero-order valence-corrected chi connectivity index (χ0v) is 12.0. The Labute approximate surface area is 120 Å². The average Bonchev–Trinajstić information content (AvgIpc) is 2.43.